The summed E-state index contributed by atoms with van der Waals surface area (Å²) in [7, 11) is 1.76. The molecule has 1 fully saturated rings. The third kappa shape index (κ3) is 4.50. The van der Waals surface area contributed by atoms with E-state index in [0.29, 0.717) is 31.8 Å². The second kappa shape index (κ2) is 8.87. The topological polar surface area (TPSA) is 64.1 Å². The van der Waals surface area contributed by atoms with Crippen LogP contribution in [-0.4, -0.2) is 32.3 Å². The molecule has 0 amide bonds. The summed E-state index contributed by atoms with van der Waals surface area (Å²) in [6.07, 6.45) is 4.81. The molecule has 1 heterocycles. The molecule has 0 aromatic heterocycles. The molecule has 1 aliphatic carbocycles. The molecule has 1 aliphatic heterocycles. The number of anilines is 1. The minimum Gasteiger partial charge on any atom is -0.490 e. The van der Waals surface area contributed by atoms with Gasteiger partial charge >= 0.3 is 0 Å². The molecule has 1 saturated carbocycles. The summed E-state index contributed by atoms with van der Waals surface area (Å²) < 4.78 is 17.6. The average molecular weight is 381 g/mol. The van der Waals surface area contributed by atoms with Crippen LogP contribution < -0.4 is 24.8 Å². The van der Waals surface area contributed by atoms with Crippen molar-refractivity contribution in [3.63, 3.8) is 0 Å². The third-order valence-corrected chi connectivity index (χ3v) is 5.00. The number of guanidine groups is 1. The van der Waals surface area contributed by atoms with E-state index in [1.165, 1.54) is 6.42 Å². The molecule has 0 radical (unpaired) electrons. The second-order valence-corrected chi connectivity index (χ2v) is 7.04. The maximum atomic E-state index is 6.11. The molecule has 2 aliphatic rings. The van der Waals surface area contributed by atoms with Gasteiger partial charge in [-0.05, 0) is 37.5 Å². The molecule has 2 aromatic carbocycles. The molecular weight excluding hydrogens is 354 g/mol. The number of ether oxygens (including phenoxy) is 3. The molecule has 0 atom stereocenters. The third-order valence-electron chi connectivity index (χ3n) is 5.00. The highest BCUT2D eigenvalue weighted by atomic mass is 16.5. The first-order valence-corrected chi connectivity index (χ1v) is 9.94. The Hall–Kier alpha value is -2.89. The van der Waals surface area contributed by atoms with Crippen molar-refractivity contribution >= 4 is 11.6 Å². The van der Waals surface area contributed by atoms with Crippen LogP contribution in [0.1, 0.15) is 31.2 Å². The van der Waals surface area contributed by atoms with E-state index in [9.17, 15) is 0 Å². The van der Waals surface area contributed by atoms with Crippen molar-refractivity contribution in [3.8, 4) is 17.2 Å². The summed E-state index contributed by atoms with van der Waals surface area (Å²) in [6, 6.07) is 14.0. The Labute approximate surface area is 165 Å². The van der Waals surface area contributed by atoms with Gasteiger partial charge in [0.1, 0.15) is 5.75 Å². The Morgan fingerprint density at radius 2 is 1.89 bits per heavy atom. The molecule has 148 valence electrons. The van der Waals surface area contributed by atoms with Gasteiger partial charge in [-0.3, -0.25) is 4.99 Å². The van der Waals surface area contributed by atoms with Gasteiger partial charge in [-0.15, -0.1) is 0 Å². The van der Waals surface area contributed by atoms with Gasteiger partial charge in [0.25, 0.3) is 0 Å². The van der Waals surface area contributed by atoms with Crippen LogP contribution in [0.4, 0.5) is 5.69 Å². The molecular formula is C22H27N3O3. The number of rotatable bonds is 5. The summed E-state index contributed by atoms with van der Waals surface area (Å²) in [5.41, 5.74) is 2.02. The van der Waals surface area contributed by atoms with Gasteiger partial charge in [-0.25, -0.2) is 0 Å². The lowest BCUT2D eigenvalue weighted by Crippen LogP contribution is -2.31. The highest BCUT2D eigenvalue weighted by Gasteiger charge is 2.20. The number of nitrogens with zero attached hydrogens (tertiary/aromatic N) is 1. The molecule has 6 nitrogen and oxygen atoms in total. The van der Waals surface area contributed by atoms with E-state index in [0.717, 1.165) is 47.8 Å². The summed E-state index contributed by atoms with van der Waals surface area (Å²) >= 11 is 0. The van der Waals surface area contributed by atoms with E-state index in [2.05, 4.69) is 21.7 Å². The van der Waals surface area contributed by atoms with Crippen LogP contribution in [0.3, 0.4) is 0 Å². The van der Waals surface area contributed by atoms with Crippen LogP contribution in [0.15, 0.2) is 47.5 Å². The van der Waals surface area contributed by atoms with E-state index in [1.54, 1.807) is 7.05 Å². The fourth-order valence-electron chi connectivity index (χ4n) is 3.17. The maximum absolute atomic E-state index is 6.11. The fourth-order valence-corrected chi connectivity index (χ4v) is 3.17. The van der Waals surface area contributed by atoms with Gasteiger partial charge in [0, 0.05) is 37.3 Å². The Morgan fingerprint density at radius 3 is 2.68 bits per heavy atom. The number of aliphatic imine (C=N–C) groups is 1. The average Bonchev–Trinajstić information content (AvgIpc) is 2.93. The number of fused-ring (bicyclic) bond motifs is 1. The van der Waals surface area contributed by atoms with Crippen LogP contribution in [0.25, 0.3) is 0 Å². The van der Waals surface area contributed by atoms with Crippen molar-refractivity contribution in [1.82, 2.24) is 5.32 Å². The molecule has 4 rings (SSSR count). The quantitative estimate of drug-likeness (QED) is 0.606. The van der Waals surface area contributed by atoms with E-state index in [1.807, 2.05) is 36.4 Å². The number of nitrogens with one attached hydrogen (secondary N) is 2. The van der Waals surface area contributed by atoms with Gasteiger partial charge in [-0.2, -0.15) is 0 Å². The normalized spacial score (nSPS) is 16.7. The van der Waals surface area contributed by atoms with Crippen molar-refractivity contribution in [2.75, 3.05) is 25.6 Å². The molecule has 2 N–H and O–H groups in total. The summed E-state index contributed by atoms with van der Waals surface area (Å²) in [6.45, 7) is 1.99. The lowest BCUT2D eigenvalue weighted by molar-refractivity contribution is 0.119. The molecule has 0 bridgehead atoms. The first-order chi connectivity index (χ1) is 13.8. The highest BCUT2D eigenvalue weighted by molar-refractivity contribution is 5.93. The van der Waals surface area contributed by atoms with Crippen LogP contribution in [0.5, 0.6) is 17.2 Å². The second-order valence-electron chi connectivity index (χ2n) is 7.04. The van der Waals surface area contributed by atoms with Gasteiger partial charge in [0.2, 0.25) is 0 Å². The minimum absolute atomic E-state index is 0.361. The number of para-hydroxylation sites is 1. The van der Waals surface area contributed by atoms with Crippen molar-refractivity contribution in [1.29, 1.82) is 0 Å². The van der Waals surface area contributed by atoms with Crippen LogP contribution >= 0.6 is 0 Å². The Balaban J connectivity index is 1.38. The maximum Gasteiger partial charge on any atom is 0.195 e. The van der Waals surface area contributed by atoms with E-state index in [-0.39, 0.29) is 0 Å². The van der Waals surface area contributed by atoms with Crippen molar-refractivity contribution in [2.24, 2.45) is 4.99 Å². The number of benzene rings is 2. The smallest absolute Gasteiger partial charge is 0.195 e. The van der Waals surface area contributed by atoms with Gasteiger partial charge in [-0.1, -0.05) is 18.2 Å². The van der Waals surface area contributed by atoms with Crippen LogP contribution in [0, 0.1) is 0 Å². The Morgan fingerprint density at radius 1 is 1.07 bits per heavy atom. The standard InChI is InChI=1S/C22H27N3O3/c1-23-22(25-17-10-11-20-21(14-17)27-13-5-12-26-20)24-15-16-6-2-3-9-19(16)28-18-7-4-8-18/h2-3,6,9-11,14,18H,4-5,7-8,12-13,15H2,1H3,(H2,23,24,25). The molecule has 0 spiro atoms. The highest BCUT2D eigenvalue weighted by Crippen LogP contribution is 2.32. The van der Waals surface area contributed by atoms with Gasteiger partial charge in [0.05, 0.1) is 19.3 Å². The largest absolute Gasteiger partial charge is 0.490 e. The zero-order valence-electron chi connectivity index (χ0n) is 16.2. The first-order valence-electron chi connectivity index (χ1n) is 9.94. The molecule has 28 heavy (non-hydrogen) atoms. The predicted octanol–water partition coefficient (Wildman–Crippen LogP) is 3.97. The van der Waals surface area contributed by atoms with Gasteiger partial charge in [0.15, 0.2) is 17.5 Å². The van der Waals surface area contributed by atoms with E-state index >= 15 is 0 Å². The monoisotopic (exact) mass is 381 g/mol. The van der Waals surface area contributed by atoms with Crippen LogP contribution in [0.2, 0.25) is 0 Å². The summed E-state index contributed by atoms with van der Waals surface area (Å²) in [5, 5.41) is 6.68. The molecule has 0 saturated heterocycles. The lowest BCUT2D eigenvalue weighted by Gasteiger charge is -2.27. The van der Waals surface area contributed by atoms with Crippen molar-refractivity contribution in [3.05, 3.63) is 48.0 Å². The molecule has 2 aromatic rings. The number of hydrogen-bond acceptors (Lipinski definition) is 4. The minimum atomic E-state index is 0.361. The van der Waals surface area contributed by atoms with Crippen LogP contribution in [-0.2, 0) is 6.54 Å². The molecule has 6 heteroatoms. The summed E-state index contributed by atoms with van der Waals surface area (Å²) in [4.78, 5) is 4.33. The van der Waals surface area contributed by atoms with Gasteiger partial charge < -0.3 is 24.8 Å². The Bertz CT molecular complexity index is 834. The predicted molar refractivity (Wildman–Crippen MR) is 111 cm³/mol. The molecule has 0 unspecified atom stereocenters. The van der Waals surface area contributed by atoms with E-state index in [4.69, 9.17) is 14.2 Å². The lowest BCUT2D eigenvalue weighted by atomic mass is 9.96. The number of hydrogen-bond donors (Lipinski definition) is 2. The first kappa shape index (κ1) is 18.5. The zero-order chi connectivity index (χ0) is 19.2. The zero-order valence-corrected chi connectivity index (χ0v) is 16.2. The van der Waals surface area contributed by atoms with E-state index < -0.39 is 0 Å². The van der Waals surface area contributed by atoms with Crippen molar-refractivity contribution < 1.29 is 14.2 Å². The SMILES string of the molecule is CN=C(NCc1ccccc1OC1CCC1)Nc1ccc2c(c1)OCCCO2. The van der Waals surface area contributed by atoms with Crippen molar-refractivity contribution in [2.45, 2.75) is 38.3 Å². The fraction of sp³-hybridized carbons (Fsp3) is 0.409. The summed E-state index contributed by atoms with van der Waals surface area (Å²) in [5.74, 6) is 3.18. The Kier molecular flexibility index (Phi) is 5.85.